The molecule has 21 heavy (non-hydrogen) atoms. The maximum Gasteiger partial charge on any atom is 0.323 e. The molecule has 0 saturated heterocycles. The minimum absolute atomic E-state index is 0.0518. The van der Waals surface area contributed by atoms with Gasteiger partial charge in [0.25, 0.3) is 0 Å². The second-order valence-electron chi connectivity index (χ2n) is 6.45. The van der Waals surface area contributed by atoms with Gasteiger partial charge in [-0.1, -0.05) is 0 Å². The van der Waals surface area contributed by atoms with Crippen LogP contribution >= 0.6 is 0 Å². The van der Waals surface area contributed by atoms with Crippen molar-refractivity contribution in [2.24, 2.45) is 11.3 Å². The summed E-state index contributed by atoms with van der Waals surface area (Å²) in [7, 11) is 0. The molecule has 1 heterocycles. The molecule has 0 spiro atoms. The molecule has 6 heteroatoms. The molecule has 0 bridgehead atoms. The van der Waals surface area contributed by atoms with Crippen molar-refractivity contribution in [2.75, 3.05) is 23.7 Å². The molecule has 2 N–H and O–H groups in total. The Morgan fingerprint density at radius 2 is 1.81 bits per heavy atom. The molecule has 3 rings (SSSR count). The molecular formula is C15H25N5O. The van der Waals surface area contributed by atoms with E-state index < -0.39 is 0 Å². The van der Waals surface area contributed by atoms with E-state index in [9.17, 15) is 0 Å². The summed E-state index contributed by atoms with van der Waals surface area (Å²) in [6, 6.07) is 0.384. The second-order valence-corrected chi connectivity index (χ2v) is 6.45. The van der Waals surface area contributed by atoms with Crippen molar-refractivity contribution >= 4 is 11.9 Å². The summed E-state index contributed by atoms with van der Waals surface area (Å²) in [5, 5.41) is 6.53. The normalized spacial score (nSPS) is 19.4. The van der Waals surface area contributed by atoms with Crippen molar-refractivity contribution in [1.82, 2.24) is 15.0 Å². The van der Waals surface area contributed by atoms with E-state index in [-0.39, 0.29) is 6.10 Å². The molecule has 2 fully saturated rings. The zero-order chi connectivity index (χ0) is 14.9. The van der Waals surface area contributed by atoms with E-state index in [1.165, 1.54) is 25.7 Å². The smallest absolute Gasteiger partial charge is 0.323 e. The van der Waals surface area contributed by atoms with Crippen molar-refractivity contribution in [1.29, 1.82) is 0 Å². The Morgan fingerprint density at radius 1 is 1.14 bits per heavy atom. The van der Waals surface area contributed by atoms with Gasteiger partial charge in [-0.15, -0.1) is 0 Å². The van der Waals surface area contributed by atoms with Gasteiger partial charge in [-0.05, 0) is 57.8 Å². The third-order valence-corrected chi connectivity index (χ3v) is 4.23. The highest BCUT2D eigenvalue weighted by atomic mass is 16.5. The van der Waals surface area contributed by atoms with Crippen LogP contribution in [-0.4, -0.2) is 34.1 Å². The predicted molar refractivity (Wildman–Crippen MR) is 82.6 cm³/mol. The lowest BCUT2D eigenvalue weighted by atomic mass is 10.0. The van der Waals surface area contributed by atoms with Crippen LogP contribution < -0.4 is 15.4 Å². The third-order valence-electron chi connectivity index (χ3n) is 4.23. The molecule has 6 nitrogen and oxygen atoms in total. The van der Waals surface area contributed by atoms with Crippen LogP contribution in [0.5, 0.6) is 6.01 Å². The van der Waals surface area contributed by atoms with E-state index in [1.54, 1.807) is 0 Å². The molecule has 1 aromatic rings. The maximum absolute atomic E-state index is 5.61. The quantitative estimate of drug-likeness (QED) is 0.767. The summed E-state index contributed by atoms with van der Waals surface area (Å²) < 4.78 is 5.61. The highest BCUT2D eigenvalue weighted by Gasteiger charge is 2.53. The van der Waals surface area contributed by atoms with E-state index in [1.807, 2.05) is 20.8 Å². The summed E-state index contributed by atoms with van der Waals surface area (Å²) >= 11 is 0. The average molecular weight is 291 g/mol. The zero-order valence-corrected chi connectivity index (χ0v) is 13.1. The highest BCUT2D eigenvalue weighted by molar-refractivity contribution is 5.36. The van der Waals surface area contributed by atoms with Gasteiger partial charge in [-0.25, -0.2) is 0 Å². The van der Waals surface area contributed by atoms with E-state index in [0.717, 1.165) is 19.0 Å². The molecule has 0 atom stereocenters. The Hall–Kier alpha value is -1.59. The minimum Gasteiger partial charge on any atom is -0.461 e. The van der Waals surface area contributed by atoms with Crippen LogP contribution in [0.15, 0.2) is 0 Å². The summed E-state index contributed by atoms with van der Waals surface area (Å²) in [6.07, 6.45) is 5.51. The lowest BCUT2D eigenvalue weighted by molar-refractivity contribution is 0.222. The van der Waals surface area contributed by atoms with Crippen LogP contribution in [0.25, 0.3) is 0 Å². The van der Waals surface area contributed by atoms with Gasteiger partial charge in [0.15, 0.2) is 0 Å². The van der Waals surface area contributed by atoms with E-state index in [0.29, 0.717) is 23.3 Å². The van der Waals surface area contributed by atoms with Crippen molar-refractivity contribution in [3.8, 4) is 6.01 Å². The van der Waals surface area contributed by atoms with Crippen molar-refractivity contribution < 1.29 is 4.74 Å². The van der Waals surface area contributed by atoms with Gasteiger partial charge >= 0.3 is 6.01 Å². The third kappa shape index (κ3) is 3.54. The van der Waals surface area contributed by atoms with Crippen LogP contribution in [-0.2, 0) is 0 Å². The van der Waals surface area contributed by atoms with Crippen LogP contribution in [0.4, 0.5) is 11.9 Å². The molecule has 0 amide bonds. The number of ether oxygens (including phenoxy) is 1. The summed E-state index contributed by atoms with van der Waals surface area (Å²) in [5.74, 6) is 2.11. The Morgan fingerprint density at radius 3 is 2.33 bits per heavy atom. The number of rotatable bonds is 8. The Balaban J connectivity index is 1.68. The van der Waals surface area contributed by atoms with Crippen LogP contribution in [0, 0.1) is 11.3 Å². The molecule has 116 valence electrons. The Labute approximate surface area is 126 Å². The fourth-order valence-electron chi connectivity index (χ4n) is 2.78. The lowest BCUT2D eigenvalue weighted by Gasteiger charge is -2.16. The van der Waals surface area contributed by atoms with Gasteiger partial charge in [0, 0.05) is 13.1 Å². The standard InChI is InChI=1S/C15H25N5O/c1-4-16-12-18-13(20-14(19-12)21-10(2)3)17-9-15(7-8-15)11-5-6-11/h10-11H,4-9H2,1-3H3,(H2,16,17,18,19,20). The molecule has 0 aliphatic heterocycles. The Bertz CT molecular complexity index is 497. The summed E-state index contributed by atoms with van der Waals surface area (Å²) in [4.78, 5) is 13.1. The second kappa shape index (κ2) is 5.66. The SMILES string of the molecule is CCNc1nc(NCC2(C3CC3)CC2)nc(OC(C)C)n1. The highest BCUT2D eigenvalue weighted by Crippen LogP contribution is 2.61. The molecule has 2 aliphatic carbocycles. The number of hydrogen-bond acceptors (Lipinski definition) is 6. The molecular weight excluding hydrogens is 266 g/mol. The van der Waals surface area contributed by atoms with E-state index >= 15 is 0 Å². The van der Waals surface area contributed by atoms with E-state index in [4.69, 9.17) is 4.74 Å². The molecule has 2 aliphatic rings. The number of nitrogens with one attached hydrogen (secondary N) is 2. The molecule has 1 aromatic heterocycles. The van der Waals surface area contributed by atoms with Crippen molar-refractivity contribution in [2.45, 2.75) is 52.6 Å². The van der Waals surface area contributed by atoms with E-state index in [2.05, 4.69) is 25.6 Å². The van der Waals surface area contributed by atoms with Gasteiger partial charge in [-0.3, -0.25) is 0 Å². The number of anilines is 2. The first-order valence-corrected chi connectivity index (χ1v) is 8.02. The first-order chi connectivity index (χ1) is 10.1. The Kier molecular flexibility index (Phi) is 3.87. The summed E-state index contributed by atoms with van der Waals surface area (Å²) in [5.41, 5.74) is 0.518. The van der Waals surface area contributed by atoms with Crippen LogP contribution in [0.2, 0.25) is 0 Å². The molecule has 0 unspecified atom stereocenters. The van der Waals surface area contributed by atoms with Gasteiger partial charge in [0.2, 0.25) is 11.9 Å². The van der Waals surface area contributed by atoms with Gasteiger partial charge < -0.3 is 15.4 Å². The summed E-state index contributed by atoms with van der Waals surface area (Å²) in [6.45, 7) is 7.70. The number of hydrogen-bond donors (Lipinski definition) is 2. The molecule has 2 saturated carbocycles. The van der Waals surface area contributed by atoms with Crippen molar-refractivity contribution in [3.05, 3.63) is 0 Å². The molecule has 0 aromatic carbocycles. The van der Waals surface area contributed by atoms with Gasteiger partial charge in [0.1, 0.15) is 0 Å². The first-order valence-electron chi connectivity index (χ1n) is 8.02. The monoisotopic (exact) mass is 291 g/mol. The van der Waals surface area contributed by atoms with Gasteiger partial charge in [-0.2, -0.15) is 15.0 Å². The zero-order valence-electron chi connectivity index (χ0n) is 13.1. The average Bonchev–Trinajstić information content (AvgIpc) is 3.28. The van der Waals surface area contributed by atoms with Crippen molar-refractivity contribution in [3.63, 3.8) is 0 Å². The maximum atomic E-state index is 5.61. The van der Waals surface area contributed by atoms with Crippen LogP contribution in [0.1, 0.15) is 46.5 Å². The first kappa shape index (κ1) is 14.4. The molecule has 0 radical (unpaired) electrons. The fourth-order valence-corrected chi connectivity index (χ4v) is 2.78. The fraction of sp³-hybridized carbons (Fsp3) is 0.800. The predicted octanol–water partition coefficient (Wildman–Crippen LogP) is 2.69. The largest absolute Gasteiger partial charge is 0.461 e. The van der Waals surface area contributed by atoms with Gasteiger partial charge in [0.05, 0.1) is 6.10 Å². The number of aromatic nitrogens is 3. The minimum atomic E-state index is 0.0518. The topological polar surface area (TPSA) is 72.0 Å². The van der Waals surface area contributed by atoms with Crippen LogP contribution in [0.3, 0.4) is 0 Å². The lowest BCUT2D eigenvalue weighted by Crippen LogP contribution is -2.20. The number of nitrogens with zero attached hydrogens (tertiary/aromatic N) is 3.